The SMILES string of the molecule is CCc1cccc(CC)c1NC(=O)C1CC(=O)N(c2cc(C)ccc2C)C1. The molecule has 4 nitrogen and oxygen atoms in total. The Balaban J connectivity index is 1.80. The number of nitrogens with one attached hydrogen (secondary N) is 1. The van der Waals surface area contributed by atoms with Crippen molar-refractivity contribution >= 4 is 23.2 Å². The van der Waals surface area contributed by atoms with Crippen LogP contribution in [0.4, 0.5) is 11.4 Å². The van der Waals surface area contributed by atoms with Crippen molar-refractivity contribution in [1.82, 2.24) is 0 Å². The quantitative estimate of drug-likeness (QED) is 0.854. The summed E-state index contributed by atoms with van der Waals surface area (Å²) in [4.78, 5) is 27.3. The highest BCUT2D eigenvalue weighted by Crippen LogP contribution is 2.30. The average Bonchev–Trinajstić information content (AvgIpc) is 3.05. The number of hydrogen-bond acceptors (Lipinski definition) is 2. The van der Waals surface area contributed by atoms with E-state index in [1.165, 1.54) is 0 Å². The highest BCUT2D eigenvalue weighted by Gasteiger charge is 2.36. The molecule has 0 aliphatic carbocycles. The van der Waals surface area contributed by atoms with Crippen LogP contribution in [-0.2, 0) is 22.4 Å². The molecule has 4 heteroatoms. The van der Waals surface area contributed by atoms with Crippen molar-refractivity contribution in [2.45, 2.75) is 47.0 Å². The first kappa shape index (κ1) is 19.2. The lowest BCUT2D eigenvalue weighted by Crippen LogP contribution is -2.29. The average molecular weight is 364 g/mol. The van der Waals surface area contributed by atoms with Crippen molar-refractivity contribution in [3.05, 3.63) is 58.7 Å². The monoisotopic (exact) mass is 364 g/mol. The molecule has 27 heavy (non-hydrogen) atoms. The molecular weight excluding hydrogens is 336 g/mol. The van der Waals surface area contributed by atoms with E-state index in [0.717, 1.165) is 46.5 Å². The lowest BCUT2D eigenvalue weighted by molar-refractivity contribution is -0.122. The summed E-state index contributed by atoms with van der Waals surface area (Å²) in [5.74, 6) is -0.373. The van der Waals surface area contributed by atoms with E-state index in [2.05, 4.69) is 31.3 Å². The van der Waals surface area contributed by atoms with Crippen molar-refractivity contribution < 1.29 is 9.59 Å². The van der Waals surface area contributed by atoms with Crippen LogP contribution in [0.1, 0.15) is 42.5 Å². The standard InChI is InChI=1S/C23H28N2O2/c1-5-17-8-7-9-18(6-2)22(17)24-23(27)19-13-21(26)25(14-19)20-12-15(3)10-11-16(20)4/h7-12,19H,5-6,13-14H2,1-4H3,(H,24,27). The molecule has 2 amide bonds. The number of rotatable bonds is 5. The van der Waals surface area contributed by atoms with E-state index in [4.69, 9.17) is 0 Å². The van der Waals surface area contributed by atoms with Gasteiger partial charge in [-0.05, 0) is 55.0 Å². The first-order valence-electron chi connectivity index (χ1n) is 9.73. The Bertz CT molecular complexity index is 850. The summed E-state index contributed by atoms with van der Waals surface area (Å²) in [5.41, 5.74) is 6.28. The van der Waals surface area contributed by atoms with Crippen molar-refractivity contribution in [1.29, 1.82) is 0 Å². The van der Waals surface area contributed by atoms with Gasteiger partial charge in [-0.1, -0.05) is 44.2 Å². The Morgan fingerprint density at radius 2 is 1.78 bits per heavy atom. The first-order chi connectivity index (χ1) is 12.9. The summed E-state index contributed by atoms with van der Waals surface area (Å²) in [6, 6.07) is 12.2. The second-order valence-corrected chi connectivity index (χ2v) is 7.34. The molecule has 1 unspecified atom stereocenters. The van der Waals surface area contributed by atoms with Gasteiger partial charge in [-0.3, -0.25) is 9.59 Å². The lowest BCUT2D eigenvalue weighted by atomic mass is 10.0. The number of amides is 2. The topological polar surface area (TPSA) is 49.4 Å². The zero-order valence-electron chi connectivity index (χ0n) is 16.6. The molecule has 0 bridgehead atoms. The van der Waals surface area contributed by atoms with Crippen molar-refractivity contribution in [2.24, 2.45) is 5.92 Å². The number of anilines is 2. The van der Waals surface area contributed by atoms with Gasteiger partial charge < -0.3 is 10.2 Å². The molecule has 1 N–H and O–H groups in total. The smallest absolute Gasteiger partial charge is 0.229 e. The number of para-hydroxylation sites is 1. The van der Waals surface area contributed by atoms with E-state index in [0.29, 0.717) is 6.54 Å². The van der Waals surface area contributed by atoms with Gasteiger partial charge in [0.15, 0.2) is 0 Å². The van der Waals surface area contributed by atoms with Gasteiger partial charge in [0.25, 0.3) is 0 Å². The molecule has 1 aliphatic heterocycles. The summed E-state index contributed by atoms with van der Waals surface area (Å²) < 4.78 is 0. The summed E-state index contributed by atoms with van der Waals surface area (Å²) in [6.07, 6.45) is 1.98. The number of carbonyl (C=O) groups is 2. The molecule has 0 spiro atoms. The van der Waals surface area contributed by atoms with Gasteiger partial charge in [0.05, 0.1) is 5.92 Å². The van der Waals surface area contributed by atoms with Gasteiger partial charge in [-0.25, -0.2) is 0 Å². The van der Waals surface area contributed by atoms with Gasteiger partial charge in [-0.15, -0.1) is 0 Å². The van der Waals surface area contributed by atoms with Crippen LogP contribution in [0, 0.1) is 19.8 Å². The lowest BCUT2D eigenvalue weighted by Gasteiger charge is -2.20. The molecule has 2 aromatic carbocycles. The number of hydrogen-bond donors (Lipinski definition) is 1. The third-order valence-electron chi connectivity index (χ3n) is 5.40. The molecule has 0 saturated carbocycles. The molecule has 1 heterocycles. The van der Waals surface area contributed by atoms with E-state index >= 15 is 0 Å². The fraction of sp³-hybridized carbons (Fsp3) is 0.391. The van der Waals surface area contributed by atoms with Crippen molar-refractivity contribution in [3.8, 4) is 0 Å². The Hall–Kier alpha value is -2.62. The van der Waals surface area contributed by atoms with Crippen LogP contribution in [0.25, 0.3) is 0 Å². The maximum absolute atomic E-state index is 12.9. The minimum Gasteiger partial charge on any atom is -0.325 e. The zero-order valence-corrected chi connectivity index (χ0v) is 16.6. The van der Waals surface area contributed by atoms with E-state index in [9.17, 15) is 9.59 Å². The predicted octanol–water partition coefficient (Wildman–Crippen LogP) is 4.42. The van der Waals surface area contributed by atoms with E-state index < -0.39 is 0 Å². The Morgan fingerprint density at radius 3 is 2.41 bits per heavy atom. The number of aryl methyl sites for hydroxylation is 4. The van der Waals surface area contributed by atoms with Crippen LogP contribution in [0.3, 0.4) is 0 Å². The fourth-order valence-electron chi connectivity index (χ4n) is 3.75. The van der Waals surface area contributed by atoms with Crippen LogP contribution in [0.15, 0.2) is 36.4 Å². The van der Waals surface area contributed by atoms with Gasteiger partial charge in [-0.2, -0.15) is 0 Å². The summed E-state index contributed by atoms with van der Waals surface area (Å²) >= 11 is 0. The van der Waals surface area contributed by atoms with Crippen LogP contribution >= 0.6 is 0 Å². The zero-order chi connectivity index (χ0) is 19.6. The molecule has 0 aromatic heterocycles. The largest absolute Gasteiger partial charge is 0.325 e. The normalized spacial score (nSPS) is 16.7. The highest BCUT2D eigenvalue weighted by atomic mass is 16.2. The molecule has 1 saturated heterocycles. The van der Waals surface area contributed by atoms with Crippen LogP contribution < -0.4 is 10.2 Å². The molecule has 3 rings (SSSR count). The van der Waals surface area contributed by atoms with Gasteiger partial charge in [0.2, 0.25) is 11.8 Å². The minimum absolute atomic E-state index is 0.0170. The second-order valence-electron chi connectivity index (χ2n) is 7.34. The van der Waals surface area contributed by atoms with Crippen LogP contribution in [-0.4, -0.2) is 18.4 Å². The van der Waals surface area contributed by atoms with Gasteiger partial charge >= 0.3 is 0 Å². The van der Waals surface area contributed by atoms with Crippen molar-refractivity contribution in [3.63, 3.8) is 0 Å². The van der Waals surface area contributed by atoms with Crippen LogP contribution in [0.2, 0.25) is 0 Å². The summed E-state index contributed by atoms with van der Waals surface area (Å²) in [5, 5.41) is 3.12. The van der Waals surface area contributed by atoms with E-state index in [-0.39, 0.29) is 24.2 Å². The molecule has 1 fully saturated rings. The third kappa shape index (κ3) is 3.90. The summed E-state index contributed by atoms with van der Waals surface area (Å²) in [6.45, 7) is 8.63. The summed E-state index contributed by atoms with van der Waals surface area (Å²) in [7, 11) is 0. The Kier molecular flexibility index (Phi) is 5.64. The Labute approximate surface area is 161 Å². The number of benzene rings is 2. The van der Waals surface area contributed by atoms with Crippen LogP contribution in [0.5, 0.6) is 0 Å². The number of nitrogens with zero attached hydrogens (tertiary/aromatic N) is 1. The maximum Gasteiger partial charge on any atom is 0.229 e. The van der Waals surface area contributed by atoms with Gasteiger partial charge in [0.1, 0.15) is 0 Å². The molecule has 0 radical (unpaired) electrons. The van der Waals surface area contributed by atoms with Gasteiger partial charge in [0, 0.05) is 24.3 Å². The molecule has 2 aromatic rings. The molecule has 1 aliphatic rings. The molecular formula is C23H28N2O2. The molecule has 1 atom stereocenters. The predicted molar refractivity (Wildman–Crippen MR) is 110 cm³/mol. The highest BCUT2D eigenvalue weighted by molar-refractivity contribution is 6.04. The second kappa shape index (κ2) is 7.95. The first-order valence-corrected chi connectivity index (χ1v) is 9.73. The maximum atomic E-state index is 12.9. The number of carbonyl (C=O) groups excluding carboxylic acids is 2. The third-order valence-corrected chi connectivity index (χ3v) is 5.40. The fourth-order valence-corrected chi connectivity index (χ4v) is 3.75. The van der Waals surface area contributed by atoms with Crippen molar-refractivity contribution in [2.75, 3.05) is 16.8 Å². The minimum atomic E-state index is -0.327. The molecule has 142 valence electrons. The Morgan fingerprint density at radius 1 is 1.11 bits per heavy atom. The van der Waals surface area contributed by atoms with E-state index in [1.54, 1.807) is 4.90 Å². The van der Waals surface area contributed by atoms with E-state index in [1.807, 2.05) is 38.1 Å².